The molecule has 1 aromatic rings. The summed E-state index contributed by atoms with van der Waals surface area (Å²) >= 11 is 0. The normalized spacial score (nSPS) is 19.8. The molecule has 21 heavy (non-hydrogen) atoms. The van der Waals surface area contributed by atoms with E-state index in [9.17, 15) is 4.79 Å². The molecular weight excluding hydrogens is 262 g/mol. The largest absolute Gasteiger partial charge is 0.462 e. The summed E-state index contributed by atoms with van der Waals surface area (Å²) in [6, 6.07) is 10.4. The van der Waals surface area contributed by atoms with Gasteiger partial charge in [0.2, 0.25) is 0 Å². The van der Waals surface area contributed by atoms with E-state index in [-0.39, 0.29) is 5.97 Å². The van der Waals surface area contributed by atoms with Gasteiger partial charge >= 0.3 is 5.97 Å². The molecule has 3 nitrogen and oxygen atoms in total. The first-order valence-corrected chi connectivity index (χ1v) is 7.89. The van der Waals surface area contributed by atoms with Gasteiger partial charge in [0.1, 0.15) is 0 Å². The van der Waals surface area contributed by atoms with Gasteiger partial charge in [-0.05, 0) is 44.4 Å². The van der Waals surface area contributed by atoms with Crippen molar-refractivity contribution < 1.29 is 9.53 Å². The summed E-state index contributed by atoms with van der Waals surface area (Å²) in [6.07, 6.45) is 8.13. The average Bonchev–Trinajstić information content (AvgIpc) is 2.52. The summed E-state index contributed by atoms with van der Waals surface area (Å²) in [7, 11) is 0. The molecule has 2 rings (SSSR count). The summed E-state index contributed by atoms with van der Waals surface area (Å²) in [5.41, 5.74) is 1.01. The molecule has 0 aromatic heterocycles. The minimum Gasteiger partial charge on any atom is -0.462 e. The number of hydrogen-bond donors (Lipinski definition) is 0. The Morgan fingerprint density at radius 1 is 1.33 bits per heavy atom. The van der Waals surface area contributed by atoms with E-state index in [0.717, 1.165) is 18.5 Å². The number of carbonyl (C=O) groups excluding carboxylic acids is 1. The van der Waals surface area contributed by atoms with E-state index >= 15 is 0 Å². The molecule has 1 atom stereocenters. The van der Waals surface area contributed by atoms with E-state index in [0.29, 0.717) is 12.6 Å². The minimum atomic E-state index is -0.259. The van der Waals surface area contributed by atoms with Crippen molar-refractivity contribution >= 4 is 12.0 Å². The number of nitrogens with zero attached hydrogens (tertiary/aromatic N) is 1. The number of benzene rings is 1. The van der Waals surface area contributed by atoms with Crippen molar-refractivity contribution in [2.45, 2.75) is 38.6 Å². The number of likely N-dealkylation sites (tertiary alicyclic amines) is 1. The molecule has 1 aromatic carbocycles. The third kappa shape index (κ3) is 5.72. The van der Waals surface area contributed by atoms with Crippen molar-refractivity contribution in [3.8, 4) is 0 Å². The zero-order valence-corrected chi connectivity index (χ0v) is 12.8. The molecule has 0 N–H and O–H groups in total. The van der Waals surface area contributed by atoms with Gasteiger partial charge in [-0.15, -0.1) is 0 Å². The van der Waals surface area contributed by atoms with Crippen LogP contribution in [0.5, 0.6) is 0 Å². The van der Waals surface area contributed by atoms with Crippen molar-refractivity contribution in [2.75, 3.05) is 19.7 Å². The fourth-order valence-electron chi connectivity index (χ4n) is 2.71. The Hall–Kier alpha value is -1.61. The lowest BCUT2D eigenvalue weighted by Gasteiger charge is -2.33. The quantitative estimate of drug-likeness (QED) is 0.455. The lowest BCUT2D eigenvalue weighted by Crippen LogP contribution is -2.38. The molecule has 1 unspecified atom stereocenters. The molecule has 0 bridgehead atoms. The van der Waals surface area contributed by atoms with Crippen LogP contribution in [-0.4, -0.2) is 36.6 Å². The first-order valence-electron chi connectivity index (χ1n) is 7.89. The predicted octanol–water partition coefficient (Wildman–Crippen LogP) is 3.51. The van der Waals surface area contributed by atoms with Crippen LogP contribution in [0.3, 0.4) is 0 Å². The second-order valence-corrected chi connectivity index (χ2v) is 5.65. The molecule has 1 saturated heterocycles. The van der Waals surface area contributed by atoms with Crippen LogP contribution in [0.15, 0.2) is 36.4 Å². The Balaban J connectivity index is 1.62. The number of hydrogen-bond acceptors (Lipinski definition) is 3. The van der Waals surface area contributed by atoms with Crippen LogP contribution in [0.1, 0.15) is 38.2 Å². The fourth-order valence-corrected chi connectivity index (χ4v) is 2.71. The van der Waals surface area contributed by atoms with Gasteiger partial charge in [0.05, 0.1) is 6.61 Å². The monoisotopic (exact) mass is 287 g/mol. The molecule has 0 amide bonds. The maximum Gasteiger partial charge on any atom is 0.330 e. The van der Waals surface area contributed by atoms with Gasteiger partial charge < -0.3 is 9.64 Å². The molecule has 0 aliphatic carbocycles. The third-order valence-corrected chi connectivity index (χ3v) is 3.99. The highest BCUT2D eigenvalue weighted by Crippen LogP contribution is 2.16. The number of esters is 1. The molecule has 3 heteroatoms. The summed E-state index contributed by atoms with van der Waals surface area (Å²) in [5.74, 6) is -0.259. The Kier molecular flexibility index (Phi) is 6.48. The number of ether oxygens (including phenoxy) is 1. The minimum absolute atomic E-state index is 0.259. The van der Waals surface area contributed by atoms with Crippen molar-refractivity contribution in [1.82, 2.24) is 4.90 Å². The molecule has 1 aliphatic heterocycles. The molecule has 1 heterocycles. The second kappa shape index (κ2) is 8.63. The maximum atomic E-state index is 11.6. The van der Waals surface area contributed by atoms with Crippen LogP contribution < -0.4 is 0 Å². The predicted molar refractivity (Wildman–Crippen MR) is 85.9 cm³/mol. The third-order valence-electron chi connectivity index (χ3n) is 3.99. The van der Waals surface area contributed by atoms with Crippen molar-refractivity contribution in [1.29, 1.82) is 0 Å². The molecule has 0 radical (unpaired) electrons. The van der Waals surface area contributed by atoms with Crippen molar-refractivity contribution in [3.05, 3.63) is 42.0 Å². The van der Waals surface area contributed by atoms with Gasteiger partial charge in [0.15, 0.2) is 0 Å². The maximum absolute atomic E-state index is 11.6. The van der Waals surface area contributed by atoms with Crippen LogP contribution in [0.4, 0.5) is 0 Å². The second-order valence-electron chi connectivity index (χ2n) is 5.65. The van der Waals surface area contributed by atoms with Crippen molar-refractivity contribution in [3.63, 3.8) is 0 Å². The first kappa shape index (κ1) is 15.8. The Bertz CT molecular complexity index is 456. The number of piperidine rings is 1. The van der Waals surface area contributed by atoms with Crippen LogP contribution in [0, 0.1) is 0 Å². The van der Waals surface area contributed by atoms with E-state index in [4.69, 9.17) is 4.74 Å². The molecule has 0 spiro atoms. The lowest BCUT2D eigenvalue weighted by molar-refractivity contribution is -0.137. The molecule has 0 saturated carbocycles. The molecular formula is C18H25NO2. The molecule has 1 aliphatic rings. The van der Waals surface area contributed by atoms with E-state index < -0.39 is 0 Å². The molecule has 114 valence electrons. The summed E-state index contributed by atoms with van der Waals surface area (Å²) in [5, 5.41) is 0. The Labute approximate surface area is 127 Å². The lowest BCUT2D eigenvalue weighted by atomic mass is 10.0. The van der Waals surface area contributed by atoms with Crippen LogP contribution in [0.2, 0.25) is 0 Å². The number of carbonyl (C=O) groups is 1. The topological polar surface area (TPSA) is 29.5 Å². The van der Waals surface area contributed by atoms with Gasteiger partial charge in [0.25, 0.3) is 0 Å². The summed E-state index contributed by atoms with van der Waals surface area (Å²) in [4.78, 5) is 14.1. The van der Waals surface area contributed by atoms with Gasteiger partial charge in [-0.2, -0.15) is 0 Å². The highest BCUT2D eigenvalue weighted by molar-refractivity contribution is 5.86. The Morgan fingerprint density at radius 2 is 2.14 bits per heavy atom. The van der Waals surface area contributed by atoms with E-state index in [1.54, 1.807) is 6.08 Å². The highest BCUT2D eigenvalue weighted by atomic mass is 16.5. The van der Waals surface area contributed by atoms with Gasteiger partial charge in [-0.3, -0.25) is 0 Å². The Morgan fingerprint density at radius 3 is 2.90 bits per heavy atom. The van der Waals surface area contributed by atoms with Crippen LogP contribution in [-0.2, 0) is 9.53 Å². The molecule has 1 fully saturated rings. The fraction of sp³-hybridized carbons (Fsp3) is 0.500. The van der Waals surface area contributed by atoms with E-state index in [1.807, 2.05) is 30.3 Å². The standard InChI is InChI=1S/C18H25NO2/c1-16-8-5-6-13-19(16)14-7-15-21-18(20)12-11-17-9-3-2-4-10-17/h2-4,9-12,16H,5-8,13-15H2,1H3. The first-order chi connectivity index (χ1) is 10.3. The average molecular weight is 287 g/mol. The van der Waals surface area contributed by atoms with Gasteiger partial charge in [-0.1, -0.05) is 36.8 Å². The zero-order chi connectivity index (χ0) is 14.9. The van der Waals surface area contributed by atoms with Crippen molar-refractivity contribution in [2.24, 2.45) is 0 Å². The van der Waals surface area contributed by atoms with E-state index in [1.165, 1.54) is 31.9 Å². The van der Waals surface area contributed by atoms with Gasteiger partial charge in [0, 0.05) is 18.7 Å². The van der Waals surface area contributed by atoms with Gasteiger partial charge in [-0.25, -0.2) is 4.79 Å². The summed E-state index contributed by atoms with van der Waals surface area (Å²) < 4.78 is 5.24. The SMILES string of the molecule is CC1CCCCN1CCCOC(=O)C=Cc1ccccc1. The number of rotatable bonds is 6. The smallest absolute Gasteiger partial charge is 0.330 e. The van der Waals surface area contributed by atoms with Crippen LogP contribution >= 0.6 is 0 Å². The highest BCUT2D eigenvalue weighted by Gasteiger charge is 2.17. The summed E-state index contributed by atoms with van der Waals surface area (Å²) in [6.45, 7) is 4.99. The van der Waals surface area contributed by atoms with Crippen LogP contribution in [0.25, 0.3) is 6.08 Å². The van der Waals surface area contributed by atoms with E-state index in [2.05, 4.69) is 11.8 Å². The zero-order valence-electron chi connectivity index (χ0n) is 12.8.